The highest BCUT2D eigenvalue weighted by Gasteiger charge is 2.27. The number of carbonyl (C=O) groups is 1. The normalized spacial score (nSPS) is 22.1. The molecule has 1 N–H and O–H groups in total. The lowest BCUT2D eigenvalue weighted by Gasteiger charge is -2.13. The minimum absolute atomic E-state index is 0.173. The molecule has 15 heavy (non-hydrogen) atoms. The molecule has 0 amide bonds. The van der Waals surface area contributed by atoms with Crippen LogP contribution in [0.25, 0.3) is 0 Å². The van der Waals surface area contributed by atoms with Crippen LogP contribution in [0.2, 0.25) is 0 Å². The van der Waals surface area contributed by atoms with Crippen LogP contribution in [0, 0.1) is 5.92 Å². The van der Waals surface area contributed by atoms with E-state index < -0.39 is 5.97 Å². The van der Waals surface area contributed by atoms with E-state index in [1.165, 1.54) is 4.88 Å². The Balaban J connectivity index is 1.90. The van der Waals surface area contributed by atoms with Crippen LogP contribution in [-0.4, -0.2) is 29.1 Å². The maximum Gasteiger partial charge on any atom is 0.307 e. The van der Waals surface area contributed by atoms with Gasteiger partial charge in [0.2, 0.25) is 0 Å². The quantitative estimate of drug-likeness (QED) is 0.929. The van der Waals surface area contributed by atoms with Crippen molar-refractivity contribution in [2.45, 2.75) is 13.0 Å². The van der Waals surface area contributed by atoms with Crippen LogP contribution in [0.15, 0.2) is 15.9 Å². The van der Waals surface area contributed by atoms with Gasteiger partial charge in [0.05, 0.1) is 9.70 Å². The standard InChI is InChI=1S/C10H12BrNO2S/c11-9-2-1-8(15-9)6-12-4-3-7(5-12)10(13)14/h1-2,7H,3-6H2,(H,13,14)/t7-/m0/s1. The molecule has 5 heteroatoms. The van der Waals surface area contributed by atoms with Crippen molar-refractivity contribution in [1.82, 2.24) is 4.90 Å². The summed E-state index contributed by atoms with van der Waals surface area (Å²) in [6, 6.07) is 4.12. The molecule has 0 spiro atoms. The SMILES string of the molecule is O=C(O)[C@H]1CCN(Cc2ccc(Br)s2)C1. The first kappa shape index (κ1) is 11.1. The Kier molecular flexibility index (Phi) is 3.43. The third-order valence-electron chi connectivity index (χ3n) is 2.63. The van der Waals surface area contributed by atoms with E-state index in [2.05, 4.69) is 26.9 Å². The molecule has 1 aliphatic rings. The maximum absolute atomic E-state index is 10.8. The van der Waals surface area contributed by atoms with Crippen LogP contribution in [0.5, 0.6) is 0 Å². The van der Waals surface area contributed by atoms with Gasteiger partial charge in [0.15, 0.2) is 0 Å². The number of aliphatic carboxylic acids is 1. The van der Waals surface area contributed by atoms with E-state index in [0.717, 1.165) is 23.3 Å². The van der Waals surface area contributed by atoms with Crippen molar-refractivity contribution in [2.75, 3.05) is 13.1 Å². The Hall–Kier alpha value is -0.390. The number of nitrogens with zero attached hydrogens (tertiary/aromatic N) is 1. The van der Waals surface area contributed by atoms with E-state index in [4.69, 9.17) is 5.11 Å². The van der Waals surface area contributed by atoms with Crippen molar-refractivity contribution in [2.24, 2.45) is 5.92 Å². The van der Waals surface area contributed by atoms with Crippen molar-refractivity contribution < 1.29 is 9.90 Å². The first-order chi connectivity index (χ1) is 7.15. The molecule has 1 aliphatic heterocycles. The first-order valence-electron chi connectivity index (χ1n) is 4.84. The van der Waals surface area contributed by atoms with E-state index in [9.17, 15) is 4.79 Å². The summed E-state index contributed by atoms with van der Waals surface area (Å²) >= 11 is 5.13. The number of hydrogen-bond donors (Lipinski definition) is 1. The van der Waals surface area contributed by atoms with Gasteiger partial charge >= 0.3 is 5.97 Å². The summed E-state index contributed by atoms with van der Waals surface area (Å²) in [6.07, 6.45) is 0.780. The van der Waals surface area contributed by atoms with Gasteiger partial charge in [0.25, 0.3) is 0 Å². The summed E-state index contributed by atoms with van der Waals surface area (Å²) in [7, 11) is 0. The Labute approximate surface area is 101 Å². The minimum atomic E-state index is -0.662. The zero-order valence-corrected chi connectivity index (χ0v) is 10.6. The van der Waals surface area contributed by atoms with Gasteiger partial charge < -0.3 is 5.11 Å². The van der Waals surface area contributed by atoms with Crippen LogP contribution in [0.4, 0.5) is 0 Å². The fraction of sp³-hybridized carbons (Fsp3) is 0.500. The molecular formula is C10H12BrNO2S. The average Bonchev–Trinajstić information content (AvgIpc) is 2.76. The number of hydrogen-bond acceptors (Lipinski definition) is 3. The van der Waals surface area contributed by atoms with Crippen molar-refractivity contribution in [3.63, 3.8) is 0 Å². The molecule has 0 aliphatic carbocycles. The molecular weight excluding hydrogens is 278 g/mol. The third kappa shape index (κ3) is 2.80. The molecule has 1 saturated heterocycles. The summed E-state index contributed by atoms with van der Waals surface area (Å²) in [4.78, 5) is 14.3. The van der Waals surface area contributed by atoms with Crippen LogP contribution in [0.1, 0.15) is 11.3 Å². The van der Waals surface area contributed by atoms with E-state index in [0.29, 0.717) is 6.54 Å². The van der Waals surface area contributed by atoms with Crippen LogP contribution >= 0.6 is 27.3 Å². The zero-order valence-electron chi connectivity index (χ0n) is 8.15. The summed E-state index contributed by atoms with van der Waals surface area (Å²) in [6.45, 7) is 2.46. The second kappa shape index (κ2) is 4.63. The van der Waals surface area contributed by atoms with Gasteiger partial charge in [-0.05, 0) is 41.0 Å². The Morgan fingerprint density at radius 3 is 3.00 bits per heavy atom. The van der Waals surface area contributed by atoms with Crippen LogP contribution < -0.4 is 0 Å². The predicted molar refractivity (Wildman–Crippen MR) is 63.0 cm³/mol. The Morgan fingerprint density at radius 2 is 2.47 bits per heavy atom. The molecule has 1 aromatic heterocycles. The molecule has 2 heterocycles. The molecule has 1 aromatic rings. The molecule has 0 bridgehead atoms. The lowest BCUT2D eigenvalue weighted by molar-refractivity contribution is -0.141. The summed E-state index contributed by atoms with van der Waals surface area (Å²) in [5.74, 6) is -0.835. The fourth-order valence-corrected chi connectivity index (χ4v) is 3.36. The smallest absolute Gasteiger partial charge is 0.307 e. The van der Waals surface area contributed by atoms with Crippen molar-refractivity contribution in [3.05, 3.63) is 20.8 Å². The van der Waals surface area contributed by atoms with E-state index in [1.807, 2.05) is 6.07 Å². The Bertz CT molecular complexity index is 366. The average molecular weight is 290 g/mol. The number of rotatable bonds is 3. The molecule has 0 radical (unpaired) electrons. The highest BCUT2D eigenvalue weighted by Crippen LogP contribution is 2.25. The molecule has 0 aromatic carbocycles. The second-order valence-electron chi connectivity index (χ2n) is 3.76. The number of carboxylic acids is 1. The fourth-order valence-electron chi connectivity index (χ4n) is 1.83. The lowest BCUT2D eigenvalue weighted by atomic mass is 10.1. The highest BCUT2D eigenvalue weighted by molar-refractivity contribution is 9.11. The molecule has 1 fully saturated rings. The molecule has 0 unspecified atom stereocenters. The lowest BCUT2D eigenvalue weighted by Crippen LogP contribution is -2.22. The van der Waals surface area contributed by atoms with Gasteiger partial charge in [-0.25, -0.2) is 0 Å². The summed E-state index contributed by atoms with van der Waals surface area (Å²) in [5.41, 5.74) is 0. The maximum atomic E-state index is 10.8. The monoisotopic (exact) mass is 289 g/mol. The number of halogens is 1. The van der Waals surface area contributed by atoms with Gasteiger partial charge in [-0.3, -0.25) is 9.69 Å². The van der Waals surface area contributed by atoms with Crippen molar-refractivity contribution in [3.8, 4) is 0 Å². The van der Waals surface area contributed by atoms with E-state index in [1.54, 1.807) is 11.3 Å². The van der Waals surface area contributed by atoms with Crippen LogP contribution in [0.3, 0.4) is 0 Å². The first-order valence-corrected chi connectivity index (χ1v) is 6.45. The topological polar surface area (TPSA) is 40.5 Å². The van der Waals surface area contributed by atoms with Gasteiger partial charge in [0, 0.05) is 18.0 Å². The van der Waals surface area contributed by atoms with E-state index >= 15 is 0 Å². The molecule has 0 saturated carbocycles. The van der Waals surface area contributed by atoms with Gasteiger partial charge in [-0.2, -0.15) is 0 Å². The van der Waals surface area contributed by atoms with Crippen molar-refractivity contribution in [1.29, 1.82) is 0 Å². The van der Waals surface area contributed by atoms with Gasteiger partial charge in [-0.1, -0.05) is 0 Å². The Morgan fingerprint density at radius 1 is 1.67 bits per heavy atom. The third-order valence-corrected chi connectivity index (χ3v) is 4.24. The minimum Gasteiger partial charge on any atom is -0.481 e. The highest BCUT2D eigenvalue weighted by atomic mass is 79.9. The molecule has 82 valence electrons. The molecule has 2 rings (SSSR count). The number of carboxylic acid groups (broad SMARTS) is 1. The van der Waals surface area contributed by atoms with Gasteiger partial charge in [0.1, 0.15) is 0 Å². The van der Waals surface area contributed by atoms with Crippen molar-refractivity contribution >= 4 is 33.2 Å². The molecule has 1 atom stereocenters. The van der Waals surface area contributed by atoms with Crippen LogP contribution in [-0.2, 0) is 11.3 Å². The number of thiophene rings is 1. The predicted octanol–water partition coefficient (Wildman–Crippen LogP) is 2.42. The zero-order chi connectivity index (χ0) is 10.8. The second-order valence-corrected chi connectivity index (χ2v) is 6.31. The summed E-state index contributed by atoms with van der Waals surface area (Å²) < 4.78 is 1.13. The van der Waals surface area contributed by atoms with E-state index in [-0.39, 0.29) is 5.92 Å². The molecule has 3 nitrogen and oxygen atoms in total. The van der Waals surface area contributed by atoms with Gasteiger partial charge in [-0.15, -0.1) is 11.3 Å². The largest absolute Gasteiger partial charge is 0.481 e. The summed E-state index contributed by atoms with van der Waals surface area (Å²) in [5, 5.41) is 8.87. The number of likely N-dealkylation sites (tertiary alicyclic amines) is 1.